The van der Waals surface area contributed by atoms with Gasteiger partial charge in [0.25, 0.3) is 0 Å². The summed E-state index contributed by atoms with van der Waals surface area (Å²) in [5.74, 6) is 0. The summed E-state index contributed by atoms with van der Waals surface area (Å²) in [6.07, 6.45) is -1.10. The van der Waals surface area contributed by atoms with Gasteiger partial charge in [-0.2, -0.15) is 0 Å². The lowest BCUT2D eigenvalue weighted by Crippen LogP contribution is -2.33. The summed E-state index contributed by atoms with van der Waals surface area (Å²) in [7, 11) is -3.65. The van der Waals surface area contributed by atoms with Crippen LogP contribution in [-0.4, -0.2) is 37.9 Å². The molecule has 0 heterocycles. The average Bonchev–Trinajstić information content (AvgIpc) is 2.29. The van der Waals surface area contributed by atoms with E-state index in [2.05, 4.69) is 20.7 Å². The number of aryl methyl sites for hydroxylation is 1. The third-order valence-electron chi connectivity index (χ3n) is 2.16. The number of halogens is 1. The Hall–Kier alpha value is -0.470. The first kappa shape index (κ1) is 14.6. The van der Waals surface area contributed by atoms with E-state index in [4.69, 9.17) is 10.2 Å². The molecule has 0 unspecified atom stereocenters. The minimum atomic E-state index is -3.65. The molecular weight excluding hydrogens is 310 g/mol. The fourth-order valence-corrected chi connectivity index (χ4v) is 2.54. The van der Waals surface area contributed by atoms with E-state index >= 15 is 0 Å². The summed E-state index contributed by atoms with van der Waals surface area (Å²) in [6.45, 7) is 1.08. The van der Waals surface area contributed by atoms with Gasteiger partial charge in [-0.1, -0.05) is 15.9 Å². The van der Waals surface area contributed by atoms with Crippen LogP contribution in [0.3, 0.4) is 0 Å². The van der Waals surface area contributed by atoms with Gasteiger partial charge in [0.2, 0.25) is 10.0 Å². The van der Waals surface area contributed by atoms with Crippen molar-refractivity contribution in [2.45, 2.75) is 17.9 Å². The number of sulfonamides is 1. The zero-order valence-electron chi connectivity index (χ0n) is 9.22. The SMILES string of the molecule is Cc1cc(S(=O)(=O)NC[C@@H](O)CO)ccc1Br. The molecule has 7 heteroatoms. The average molecular weight is 324 g/mol. The van der Waals surface area contributed by atoms with Crippen molar-refractivity contribution in [3.8, 4) is 0 Å². The lowest BCUT2D eigenvalue weighted by molar-refractivity contribution is 0.0988. The second-order valence-corrected chi connectivity index (χ2v) is 6.22. The first-order chi connectivity index (χ1) is 7.86. The van der Waals surface area contributed by atoms with E-state index in [9.17, 15) is 8.42 Å². The number of benzene rings is 1. The summed E-state index contributed by atoms with van der Waals surface area (Å²) in [5.41, 5.74) is 0.801. The van der Waals surface area contributed by atoms with E-state index in [0.29, 0.717) is 0 Å². The van der Waals surface area contributed by atoms with Crippen molar-refractivity contribution in [2.75, 3.05) is 13.2 Å². The second-order valence-electron chi connectivity index (χ2n) is 3.60. The molecule has 0 aromatic heterocycles. The molecule has 17 heavy (non-hydrogen) atoms. The van der Waals surface area contributed by atoms with Gasteiger partial charge in [0.05, 0.1) is 17.6 Å². The standard InChI is InChI=1S/C10H14BrNO4S/c1-7-4-9(2-3-10(7)11)17(15,16)12-5-8(14)6-13/h2-4,8,12-14H,5-6H2,1H3/t8-/m1/s1. The van der Waals surface area contributed by atoms with E-state index in [1.54, 1.807) is 13.0 Å². The maximum Gasteiger partial charge on any atom is 0.240 e. The fourth-order valence-electron chi connectivity index (χ4n) is 1.14. The minimum absolute atomic E-state index is 0.128. The molecule has 3 N–H and O–H groups in total. The summed E-state index contributed by atoms with van der Waals surface area (Å²) < 4.78 is 26.6. The van der Waals surface area contributed by atoms with E-state index in [1.165, 1.54) is 12.1 Å². The first-order valence-electron chi connectivity index (χ1n) is 4.91. The van der Waals surface area contributed by atoms with Crippen LogP contribution in [0.2, 0.25) is 0 Å². The summed E-state index contributed by atoms with van der Waals surface area (Å²) in [4.78, 5) is 0.128. The van der Waals surface area contributed by atoms with Crippen molar-refractivity contribution in [3.63, 3.8) is 0 Å². The Bertz CT molecular complexity index is 489. The van der Waals surface area contributed by atoms with Crippen LogP contribution in [0.5, 0.6) is 0 Å². The van der Waals surface area contributed by atoms with Gasteiger partial charge >= 0.3 is 0 Å². The van der Waals surface area contributed by atoms with E-state index in [-0.39, 0.29) is 11.4 Å². The Labute approximate surface area is 109 Å². The molecule has 0 bridgehead atoms. The molecule has 0 aliphatic rings. The zero-order valence-corrected chi connectivity index (χ0v) is 11.6. The Morgan fingerprint density at radius 2 is 2.12 bits per heavy atom. The van der Waals surface area contributed by atoms with Crippen LogP contribution in [-0.2, 0) is 10.0 Å². The number of aliphatic hydroxyl groups is 2. The number of nitrogens with one attached hydrogen (secondary N) is 1. The summed E-state index contributed by atoms with van der Waals surface area (Å²) in [5, 5.41) is 17.7. The number of rotatable bonds is 5. The van der Waals surface area contributed by atoms with Crippen LogP contribution in [0.15, 0.2) is 27.6 Å². The molecule has 0 aliphatic heterocycles. The van der Waals surface area contributed by atoms with Crippen LogP contribution in [0.4, 0.5) is 0 Å². The molecule has 0 amide bonds. The molecule has 0 radical (unpaired) electrons. The molecule has 96 valence electrons. The van der Waals surface area contributed by atoms with Gasteiger partial charge in [0.1, 0.15) is 0 Å². The van der Waals surface area contributed by atoms with Crippen molar-refractivity contribution >= 4 is 26.0 Å². The lowest BCUT2D eigenvalue weighted by Gasteiger charge is -2.10. The molecule has 0 saturated carbocycles. The van der Waals surface area contributed by atoms with Gasteiger partial charge < -0.3 is 10.2 Å². The van der Waals surface area contributed by atoms with E-state index in [1.807, 2.05) is 0 Å². The molecular formula is C10H14BrNO4S. The van der Waals surface area contributed by atoms with Crippen LogP contribution in [0, 0.1) is 6.92 Å². The molecule has 1 aromatic rings. The van der Waals surface area contributed by atoms with Crippen LogP contribution in [0.25, 0.3) is 0 Å². The highest BCUT2D eigenvalue weighted by Gasteiger charge is 2.16. The van der Waals surface area contributed by atoms with Gasteiger partial charge in [-0.05, 0) is 30.7 Å². The van der Waals surface area contributed by atoms with Crippen LogP contribution in [0.1, 0.15) is 5.56 Å². The second kappa shape index (κ2) is 5.92. The lowest BCUT2D eigenvalue weighted by atomic mass is 10.2. The molecule has 1 aromatic carbocycles. The highest BCUT2D eigenvalue weighted by atomic mass is 79.9. The molecule has 1 atom stereocenters. The normalized spacial score (nSPS) is 13.6. The van der Waals surface area contributed by atoms with Crippen molar-refractivity contribution in [1.29, 1.82) is 0 Å². The van der Waals surface area contributed by atoms with Crippen LogP contribution >= 0.6 is 15.9 Å². The molecule has 0 saturated heterocycles. The quantitative estimate of drug-likeness (QED) is 0.731. The van der Waals surface area contributed by atoms with Gasteiger partial charge in [-0.3, -0.25) is 0 Å². The van der Waals surface area contributed by atoms with Crippen molar-refractivity contribution in [1.82, 2.24) is 4.72 Å². The van der Waals surface area contributed by atoms with E-state index in [0.717, 1.165) is 10.0 Å². The summed E-state index contributed by atoms with van der Waals surface area (Å²) in [6, 6.07) is 4.63. The molecule has 0 fully saturated rings. The highest BCUT2D eigenvalue weighted by molar-refractivity contribution is 9.10. The predicted octanol–water partition coefficient (Wildman–Crippen LogP) is 0.389. The van der Waals surface area contributed by atoms with Gasteiger partial charge in [0, 0.05) is 11.0 Å². The molecule has 0 spiro atoms. The smallest absolute Gasteiger partial charge is 0.240 e. The Balaban J connectivity index is 2.86. The van der Waals surface area contributed by atoms with Gasteiger partial charge in [0.15, 0.2) is 0 Å². The Morgan fingerprint density at radius 1 is 1.47 bits per heavy atom. The number of aliphatic hydroxyl groups excluding tert-OH is 2. The van der Waals surface area contributed by atoms with Gasteiger partial charge in [-0.25, -0.2) is 13.1 Å². The monoisotopic (exact) mass is 323 g/mol. The van der Waals surface area contributed by atoms with Crippen molar-refractivity contribution in [3.05, 3.63) is 28.2 Å². The third kappa shape index (κ3) is 4.04. The molecule has 0 aliphatic carbocycles. The predicted molar refractivity (Wildman–Crippen MR) is 67.2 cm³/mol. The van der Waals surface area contributed by atoms with Crippen molar-refractivity contribution < 1.29 is 18.6 Å². The molecule has 1 rings (SSSR count). The minimum Gasteiger partial charge on any atom is -0.394 e. The fraction of sp³-hybridized carbons (Fsp3) is 0.400. The third-order valence-corrected chi connectivity index (χ3v) is 4.47. The molecule has 5 nitrogen and oxygen atoms in total. The van der Waals surface area contributed by atoms with E-state index < -0.39 is 22.7 Å². The Morgan fingerprint density at radius 3 is 2.65 bits per heavy atom. The number of hydrogen-bond acceptors (Lipinski definition) is 4. The first-order valence-corrected chi connectivity index (χ1v) is 7.19. The summed E-state index contributed by atoms with van der Waals surface area (Å²) >= 11 is 3.28. The zero-order chi connectivity index (χ0) is 13.1. The topological polar surface area (TPSA) is 86.6 Å². The van der Waals surface area contributed by atoms with Crippen LogP contribution < -0.4 is 4.72 Å². The maximum absolute atomic E-state index is 11.8. The van der Waals surface area contributed by atoms with Crippen molar-refractivity contribution in [2.24, 2.45) is 0 Å². The number of hydrogen-bond donors (Lipinski definition) is 3. The maximum atomic E-state index is 11.8. The largest absolute Gasteiger partial charge is 0.394 e. The van der Waals surface area contributed by atoms with Gasteiger partial charge in [-0.15, -0.1) is 0 Å². The Kier molecular flexibility index (Phi) is 5.08. The highest BCUT2D eigenvalue weighted by Crippen LogP contribution is 2.19.